The summed E-state index contributed by atoms with van der Waals surface area (Å²) in [5.41, 5.74) is 0.605. The van der Waals surface area contributed by atoms with E-state index in [4.69, 9.17) is 9.73 Å². The third kappa shape index (κ3) is 5.99. The molecule has 156 valence electrons. The molecule has 1 saturated heterocycles. The van der Waals surface area contributed by atoms with Gasteiger partial charge in [-0.3, -0.25) is 9.79 Å². The fraction of sp³-hybridized carbons (Fsp3) is 0.619. The summed E-state index contributed by atoms with van der Waals surface area (Å²) in [5.74, 6) is 3.24. The van der Waals surface area contributed by atoms with E-state index in [0.717, 1.165) is 37.4 Å². The molecule has 0 radical (unpaired) electrons. The molecule has 1 amide bonds. The summed E-state index contributed by atoms with van der Waals surface area (Å²) >= 11 is 0. The number of rotatable bonds is 6. The van der Waals surface area contributed by atoms with Crippen molar-refractivity contribution in [3.8, 4) is 5.75 Å². The Bertz CT molecular complexity index is 654. The fourth-order valence-electron chi connectivity index (χ4n) is 4.20. The molecule has 2 unspecified atom stereocenters. The molecule has 2 fully saturated rings. The molecule has 1 heterocycles. The van der Waals surface area contributed by atoms with E-state index in [1.54, 1.807) is 19.2 Å². The van der Waals surface area contributed by atoms with Crippen molar-refractivity contribution in [1.29, 1.82) is 0 Å². The third-order valence-corrected chi connectivity index (χ3v) is 5.60. The van der Waals surface area contributed by atoms with Crippen molar-refractivity contribution in [2.75, 3.05) is 39.8 Å². The Balaban J connectivity index is 0.00000280. The molecule has 2 aliphatic rings. The normalized spacial score (nSPS) is 21.5. The fourth-order valence-corrected chi connectivity index (χ4v) is 4.20. The Kier molecular flexibility index (Phi) is 9.34. The number of ether oxygens (including phenoxy) is 1. The lowest BCUT2D eigenvalue weighted by molar-refractivity contribution is 0.0954. The van der Waals surface area contributed by atoms with E-state index >= 15 is 0 Å². The quantitative estimate of drug-likeness (QED) is 0.273. The van der Waals surface area contributed by atoms with Crippen LogP contribution in [0.2, 0.25) is 0 Å². The van der Waals surface area contributed by atoms with Crippen LogP contribution >= 0.6 is 24.0 Å². The minimum Gasteiger partial charge on any atom is -0.497 e. The summed E-state index contributed by atoms with van der Waals surface area (Å²) in [4.78, 5) is 19.4. The lowest BCUT2D eigenvalue weighted by Crippen LogP contribution is -2.41. The van der Waals surface area contributed by atoms with E-state index < -0.39 is 0 Å². The number of guanidine groups is 1. The van der Waals surface area contributed by atoms with Crippen LogP contribution in [0.3, 0.4) is 0 Å². The third-order valence-electron chi connectivity index (χ3n) is 5.60. The average Bonchev–Trinajstić information content (AvgIpc) is 3.14. The smallest absolute Gasteiger partial charge is 0.251 e. The molecule has 2 atom stereocenters. The first-order chi connectivity index (χ1) is 13.2. The van der Waals surface area contributed by atoms with Gasteiger partial charge in [-0.2, -0.15) is 0 Å². The van der Waals surface area contributed by atoms with Crippen molar-refractivity contribution >= 4 is 35.8 Å². The maximum Gasteiger partial charge on any atom is 0.251 e. The van der Waals surface area contributed by atoms with Gasteiger partial charge in [0.15, 0.2) is 5.96 Å². The van der Waals surface area contributed by atoms with Gasteiger partial charge in [0.05, 0.1) is 13.7 Å². The predicted molar refractivity (Wildman–Crippen MR) is 124 cm³/mol. The number of aliphatic imine (C=N–C) groups is 1. The van der Waals surface area contributed by atoms with Gasteiger partial charge in [0.1, 0.15) is 5.75 Å². The second-order valence-electron chi connectivity index (χ2n) is 7.43. The molecular weight excluding hydrogens is 467 g/mol. The van der Waals surface area contributed by atoms with E-state index in [2.05, 4.69) is 22.5 Å². The zero-order chi connectivity index (χ0) is 19.1. The van der Waals surface area contributed by atoms with Crippen LogP contribution in [0.1, 0.15) is 43.0 Å². The van der Waals surface area contributed by atoms with Crippen molar-refractivity contribution < 1.29 is 9.53 Å². The number of nitrogens with one attached hydrogen (secondary N) is 2. The Hall–Kier alpha value is -1.51. The number of carbonyl (C=O) groups is 1. The Morgan fingerprint density at radius 1 is 1.21 bits per heavy atom. The maximum absolute atomic E-state index is 12.3. The van der Waals surface area contributed by atoms with Gasteiger partial charge in [0.2, 0.25) is 0 Å². The molecule has 0 spiro atoms. The van der Waals surface area contributed by atoms with Gasteiger partial charge < -0.3 is 20.3 Å². The van der Waals surface area contributed by atoms with Crippen molar-refractivity contribution in [3.05, 3.63) is 29.8 Å². The standard InChI is InChI=1S/C21H32N4O2.HI/c1-3-22-21(25-14-17-7-4-5-8-18(17)15-25)24-12-11-23-20(26)16-9-6-10-19(13-16)27-2;/h6,9-10,13,17-18H,3-5,7-8,11-12,14-15H2,1-2H3,(H,22,24)(H,23,26);1H. The summed E-state index contributed by atoms with van der Waals surface area (Å²) in [6.07, 6.45) is 5.46. The van der Waals surface area contributed by atoms with Gasteiger partial charge in [0.25, 0.3) is 5.91 Å². The summed E-state index contributed by atoms with van der Waals surface area (Å²) in [5, 5.41) is 6.36. The molecule has 7 heteroatoms. The van der Waals surface area contributed by atoms with Crippen LogP contribution < -0.4 is 15.4 Å². The molecule has 1 saturated carbocycles. The van der Waals surface area contributed by atoms with Crippen molar-refractivity contribution in [3.63, 3.8) is 0 Å². The van der Waals surface area contributed by atoms with E-state index in [0.29, 0.717) is 24.4 Å². The molecule has 1 aromatic carbocycles. The van der Waals surface area contributed by atoms with Crippen molar-refractivity contribution in [1.82, 2.24) is 15.5 Å². The SMILES string of the molecule is CCNC(=NCCNC(=O)c1cccc(OC)c1)N1CC2CCCCC2C1.I. The van der Waals surface area contributed by atoms with Crippen molar-refractivity contribution in [2.24, 2.45) is 16.8 Å². The summed E-state index contributed by atoms with van der Waals surface area (Å²) in [6, 6.07) is 7.19. The number of fused-ring (bicyclic) bond motifs is 1. The van der Waals surface area contributed by atoms with Crippen LogP contribution in [0.4, 0.5) is 0 Å². The second kappa shape index (κ2) is 11.5. The highest BCUT2D eigenvalue weighted by atomic mass is 127. The topological polar surface area (TPSA) is 66.0 Å². The van der Waals surface area contributed by atoms with Gasteiger partial charge >= 0.3 is 0 Å². The van der Waals surface area contributed by atoms with Gasteiger partial charge in [0, 0.05) is 31.7 Å². The highest BCUT2D eigenvalue weighted by molar-refractivity contribution is 14.0. The lowest BCUT2D eigenvalue weighted by atomic mass is 9.82. The molecule has 0 aromatic heterocycles. The van der Waals surface area contributed by atoms with E-state index in [1.165, 1.54) is 25.7 Å². The summed E-state index contributed by atoms with van der Waals surface area (Å²) < 4.78 is 5.17. The Labute approximate surface area is 185 Å². The summed E-state index contributed by atoms with van der Waals surface area (Å²) in [6.45, 7) is 6.29. The predicted octanol–water partition coefficient (Wildman–Crippen LogP) is 3.13. The highest BCUT2D eigenvalue weighted by Crippen LogP contribution is 2.35. The van der Waals surface area contributed by atoms with Crippen LogP contribution in [0, 0.1) is 11.8 Å². The molecule has 2 N–H and O–H groups in total. The molecule has 0 bridgehead atoms. The minimum atomic E-state index is -0.0960. The minimum absolute atomic E-state index is 0. The molecular formula is C21H33IN4O2. The number of likely N-dealkylation sites (tertiary alicyclic amines) is 1. The van der Waals surface area contributed by atoms with Crippen LogP contribution in [-0.2, 0) is 0 Å². The lowest BCUT2D eigenvalue weighted by Gasteiger charge is -2.22. The van der Waals surface area contributed by atoms with Crippen LogP contribution in [0.15, 0.2) is 29.3 Å². The van der Waals surface area contributed by atoms with Gasteiger partial charge in [-0.05, 0) is 49.8 Å². The van der Waals surface area contributed by atoms with Gasteiger partial charge in [-0.25, -0.2) is 0 Å². The zero-order valence-corrected chi connectivity index (χ0v) is 19.3. The number of nitrogens with zero attached hydrogens (tertiary/aromatic N) is 2. The first-order valence-electron chi connectivity index (χ1n) is 10.2. The number of benzene rings is 1. The number of amides is 1. The molecule has 6 nitrogen and oxygen atoms in total. The molecule has 3 rings (SSSR count). The van der Waals surface area contributed by atoms with E-state index in [-0.39, 0.29) is 29.9 Å². The number of halogens is 1. The van der Waals surface area contributed by atoms with Crippen LogP contribution in [0.25, 0.3) is 0 Å². The Morgan fingerprint density at radius 2 is 1.93 bits per heavy atom. The van der Waals surface area contributed by atoms with Gasteiger partial charge in [-0.15, -0.1) is 24.0 Å². The zero-order valence-electron chi connectivity index (χ0n) is 16.9. The maximum atomic E-state index is 12.3. The largest absolute Gasteiger partial charge is 0.497 e. The van der Waals surface area contributed by atoms with E-state index in [1.807, 2.05) is 12.1 Å². The average molecular weight is 500 g/mol. The summed E-state index contributed by atoms with van der Waals surface area (Å²) in [7, 11) is 1.60. The van der Waals surface area contributed by atoms with Crippen LogP contribution in [-0.4, -0.2) is 56.6 Å². The van der Waals surface area contributed by atoms with Crippen molar-refractivity contribution in [2.45, 2.75) is 32.6 Å². The second-order valence-corrected chi connectivity index (χ2v) is 7.43. The highest BCUT2D eigenvalue weighted by Gasteiger charge is 2.35. The number of hydrogen-bond acceptors (Lipinski definition) is 3. The molecule has 28 heavy (non-hydrogen) atoms. The Morgan fingerprint density at radius 3 is 2.57 bits per heavy atom. The number of carbonyl (C=O) groups excluding carboxylic acids is 1. The first kappa shape index (κ1) is 22.8. The molecule has 1 aliphatic carbocycles. The monoisotopic (exact) mass is 500 g/mol. The first-order valence-corrected chi connectivity index (χ1v) is 10.2. The van der Waals surface area contributed by atoms with Gasteiger partial charge in [-0.1, -0.05) is 18.9 Å². The number of methoxy groups -OCH3 is 1. The molecule has 1 aliphatic heterocycles. The molecule has 1 aromatic rings. The van der Waals surface area contributed by atoms with Crippen LogP contribution in [0.5, 0.6) is 5.75 Å². The number of hydrogen-bond donors (Lipinski definition) is 2. The van der Waals surface area contributed by atoms with E-state index in [9.17, 15) is 4.79 Å².